The lowest BCUT2D eigenvalue weighted by atomic mass is 9.87. The van der Waals surface area contributed by atoms with E-state index in [9.17, 15) is 24.3 Å². The van der Waals surface area contributed by atoms with E-state index in [-0.39, 0.29) is 19.3 Å². The molecule has 0 fully saturated rings. The summed E-state index contributed by atoms with van der Waals surface area (Å²) in [5.41, 5.74) is 3.57. The first kappa shape index (κ1) is 29.0. The summed E-state index contributed by atoms with van der Waals surface area (Å²) in [6.45, 7) is 0. The van der Waals surface area contributed by atoms with E-state index >= 15 is 0 Å². The molecule has 0 bridgehead atoms. The number of Topliss-reactive ketones (excluding diaryl/α,β-unsaturated/α-hetero) is 1. The molecule has 0 rings (SSSR count). The topological polar surface area (TPSA) is 155 Å². The molecular weight excluding hydrogens is 402 g/mol. The van der Waals surface area contributed by atoms with Crippen molar-refractivity contribution in [3.8, 4) is 0 Å². The molecule has 5 N–H and O–H groups in total. The van der Waals surface area contributed by atoms with Crippen molar-refractivity contribution in [3.63, 3.8) is 0 Å². The molecule has 0 aliphatic heterocycles. The molecular formula is C23H41NO7. The molecule has 0 aromatic heterocycles. The van der Waals surface area contributed by atoms with Gasteiger partial charge in [-0.15, -0.1) is 0 Å². The number of carboxylic acid groups (broad SMARTS) is 3. The molecule has 0 aliphatic carbocycles. The smallest absolute Gasteiger partial charge is 0.331 e. The van der Waals surface area contributed by atoms with Crippen LogP contribution in [0.25, 0.3) is 0 Å². The Morgan fingerprint density at radius 1 is 0.516 bits per heavy atom. The maximum atomic E-state index is 12.2. The van der Waals surface area contributed by atoms with Crippen LogP contribution in [0.1, 0.15) is 116 Å². The van der Waals surface area contributed by atoms with Crippen LogP contribution in [0.5, 0.6) is 0 Å². The molecule has 8 heteroatoms. The number of rotatable bonds is 22. The first-order valence-corrected chi connectivity index (χ1v) is 11.7. The van der Waals surface area contributed by atoms with Crippen molar-refractivity contribution in [1.29, 1.82) is 0 Å². The van der Waals surface area contributed by atoms with Gasteiger partial charge in [-0.3, -0.25) is 14.4 Å². The largest absolute Gasteiger partial charge is 0.481 e. The van der Waals surface area contributed by atoms with Crippen LogP contribution >= 0.6 is 0 Å². The lowest BCUT2D eigenvalue weighted by Gasteiger charge is -2.22. The lowest BCUT2D eigenvalue weighted by molar-refractivity contribution is -0.149. The van der Waals surface area contributed by atoms with Gasteiger partial charge < -0.3 is 21.1 Å². The fourth-order valence-electron chi connectivity index (χ4n) is 3.58. The third-order valence-corrected chi connectivity index (χ3v) is 5.66. The molecule has 0 amide bonds. The van der Waals surface area contributed by atoms with Gasteiger partial charge in [0.15, 0.2) is 11.3 Å². The minimum absolute atomic E-state index is 0.0682. The zero-order valence-corrected chi connectivity index (χ0v) is 18.8. The van der Waals surface area contributed by atoms with Crippen molar-refractivity contribution in [2.75, 3.05) is 0 Å². The maximum Gasteiger partial charge on any atom is 0.331 e. The summed E-state index contributed by atoms with van der Waals surface area (Å²) >= 11 is 0. The van der Waals surface area contributed by atoms with E-state index in [0.29, 0.717) is 6.42 Å². The highest BCUT2D eigenvalue weighted by atomic mass is 16.4. The van der Waals surface area contributed by atoms with E-state index in [1.807, 2.05) is 0 Å². The van der Waals surface area contributed by atoms with Crippen LogP contribution in [0.4, 0.5) is 0 Å². The van der Waals surface area contributed by atoms with E-state index in [4.69, 9.17) is 15.9 Å². The third-order valence-electron chi connectivity index (χ3n) is 5.66. The molecule has 0 aromatic rings. The molecule has 0 heterocycles. The normalized spacial score (nSPS) is 12.9. The molecule has 180 valence electrons. The first-order chi connectivity index (χ1) is 14.7. The summed E-state index contributed by atoms with van der Waals surface area (Å²) in [5, 5.41) is 26.5. The minimum atomic E-state index is -2.10. The van der Waals surface area contributed by atoms with Crippen LogP contribution in [0.2, 0.25) is 0 Å². The number of carbonyl (C=O) groups excluding carboxylic acids is 1. The van der Waals surface area contributed by atoms with Crippen molar-refractivity contribution in [2.45, 2.75) is 121 Å². The number of hydrogen-bond acceptors (Lipinski definition) is 5. The van der Waals surface area contributed by atoms with E-state index in [1.165, 1.54) is 38.5 Å². The monoisotopic (exact) mass is 443 g/mol. The minimum Gasteiger partial charge on any atom is -0.481 e. The molecule has 0 unspecified atom stereocenters. The number of aliphatic carboxylic acids is 3. The molecule has 0 aromatic carbocycles. The summed E-state index contributed by atoms with van der Waals surface area (Å²) in [5.74, 6) is -3.94. The van der Waals surface area contributed by atoms with Gasteiger partial charge in [-0.1, -0.05) is 77.0 Å². The SMILES string of the molecule is N[C@@](CCC(=O)O)(C(=O)O)C(=O)CCCCCCCCCCCCCCCCC(=O)O. The number of nitrogens with two attached hydrogens (primary N) is 1. The van der Waals surface area contributed by atoms with Crippen molar-refractivity contribution in [2.24, 2.45) is 5.73 Å². The second kappa shape index (κ2) is 17.7. The Hall–Kier alpha value is -1.96. The fourth-order valence-corrected chi connectivity index (χ4v) is 3.58. The lowest BCUT2D eigenvalue weighted by Crippen LogP contribution is -2.55. The predicted molar refractivity (Wildman–Crippen MR) is 118 cm³/mol. The zero-order valence-electron chi connectivity index (χ0n) is 18.8. The molecule has 0 saturated carbocycles. The van der Waals surface area contributed by atoms with Crippen LogP contribution in [0.3, 0.4) is 0 Å². The van der Waals surface area contributed by atoms with Crippen molar-refractivity contribution in [1.82, 2.24) is 0 Å². The Kier molecular flexibility index (Phi) is 16.6. The third kappa shape index (κ3) is 15.5. The quantitative estimate of drug-likeness (QED) is 0.140. The van der Waals surface area contributed by atoms with Gasteiger partial charge in [0.25, 0.3) is 0 Å². The van der Waals surface area contributed by atoms with E-state index in [0.717, 1.165) is 44.9 Å². The predicted octanol–water partition coefficient (Wildman–Crippen LogP) is 4.53. The van der Waals surface area contributed by atoms with E-state index in [2.05, 4.69) is 0 Å². The highest BCUT2D eigenvalue weighted by Gasteiger charge is 2.41. The van der Waals surface area contributed by atoms with E-state index < -0.39 is 35.7 Å². The first-order valence-electron chi connectivity index (χ1n) is 11.7. The van der Waals surface area contributed by atoms with E-state index in [1.54, 1.807) is 0 Å². The maximum absolute atomic E-state index is 12.2. The Bertz CT molecular complexity index is 550. The molecule has 31 heavy (non-hydrogen) atoms. The summed E-state index contributed by atoms with van der Waals surface area (Å²) in [6.07, 6.45) is 14.3. The fraction of sp³-hybridized carbons (Fsp3) is 0.826. The van der Waals surface area contributed by atoms with Gasteiger partial charge in [-0.05, 0) is 19.3 Å². The van der Waals surface area contributed by atoms with Crippen molar-refractivity contribution >= 4 is 23.7 Å². The van der Waals surface area contributed by atoms with Crippen LogP contribution in [-0.2, 0) is 19.2 Å². The van der Waals surface area contributed by atoms with Crippen molar-refractivity contribution in [3.05, 3.63) is 0 Å². The van der Waals surface area contributed by atoms with Gasteiger partial charge in [0.1, 0.15) is 0 Å². The van der Waals surface area contributed by atoms with Crippen molar-refractivity contribution < 1.29 is 34.5 Å². The van der Waals surface area contributed by atoms with Gasteiger partial charge in [0.2, 0.25) is 0 Å². The summed E-state index contributed by atoms with van der Waals surface area (Å²) in [7, 11) is 0. The summed E-state index contributed by atoms with van der Waals surface area (Å²) in [4.78, 5) is 44.5. The van der Waals surface area contributed by atoms with Crippen LogP contribution in [-0.4, -0.2) is 44.5 Å². The molecule has 8 nitrogen and oxygen atoms in total. The van der Waals surface area contributed by atoms with Gasteiger partial charge in [0.05, 0.1) is 0 Å². The Morgan fingerprint density at radius 3 is 1.16 bits per heavy atom. The summed E-state index contributed by atoms with van der Waals surface area (Å²) < 4.78 is 0. The Labute approximate surface area is 185 Å². The number of carboxylic acids is 3. The van der Waals surface area contributed by atoms with Crippen LogP contribution in [0, 0.1) is 0 Å². The van der Waals surface area contributed by atoms with Gasteiger partial charge in [-0.2, -0.15) is 0 Å². The Balaban J connectivity index is 3.58. The highest BCUT2D eigenvalue weighted by Crippen LogP contribution is 2.18. The number of unbranched alkanes of at least 4 members (excludes halogenated alkanes) is 13. The number of ketones is 1. The van der Waals surface area contributed by atoms with Gasteiger partial charge >= 0.3 is 17.9 Å². The molecule has 0 saturated heterocycles. The standard InChI is InChI=1S/C23H41NO7/c24-23(22(30)31,18-17-21(28)29)19(25)15-13-11-9-7-5-3-1-2-4-6-8-10-12-14-16-20(26)27/h1-18,24H2,(H,26,27)(H,28,29)(H,30,31)/t23-/m1/s1. The average Bonchev–Trinajstić information content (AvgIpc) is 2.70. The van der Waals surface area contributed by atoms with Gasteiger partial charge in [-0.25, -0.2) is 4.79 Å². The second-order valence-electron chi connectivity index (χ2n) is 8.44. The number of carbonyl (C=O) groups is 4. The molecule has 0 aliphatic rings. The molecule has 0 radical (unpaired) electrons. The van der Waals surface area contributed by atoms with Gasteiger partial charge in [0, 0.05) is 19.3 Å². The van der Waals surface area contributed by atoms with Crippen LogP contribution < -0.4 is 5.73 Å². The molecule has 1 atom stereocenters. The highest BCUT2D eigenvalue weighted by molar-refractivity contribution is 6.07. The Morgan fingerprint density at radius 2 is 0.839 bits per heavy atom. The second-order valence-corrected chi connectivity index (χ2v) is 8.44. The summed E-state index contributed by atoms with van der Waals surface area (Å²) in [6, 6.07) is 0. The molecule has 0 spiro atoms. The average molecular weight is 444 g/mol. The number of hydrogen-bond donors (Lipinski definition) is 4. The zero-order chi connectivity index (χ0) is 23.5. The van der Waals surface area contributed by atoms with Crippen LogP contribution in [0.15, 0.2) is 0 Å².